The summed E-state index contributed by atoms with van der Waals surface area (Å²) in [7, 11) is 1.62. The molecule has 0 aliphatic heterocycles. The fourth-order valence-corrected chi connectivity index (χ4v) is 9.73. The van der Waals surface area contributed by atoms with Crippen LogP contribution in [0.1, 0.15) is 23.2 Å². The van der Waals surface area contributed by atoms with Crippen LogP contribution in [0.4, 0.5) is 0 Å². The molecule has 46 heavy (non-hydrogen) atoms. The van der Waals surface area contributed by atoms with Gasteiger partial charge in [-0.1, -0.05) is 42.5 Å². The Morgan fingerprint density at radius 1 is 0.696 bits per heavy atom. The van der Waals surface area contributed by atoms with Gasteiger partial charge in [0.1, 0.15) is 0 Å². The van der Waals surface area contributed by atoms with Crippen LogP contribution in [0, 0.1) is 25.8 Å². The third-order valence-electron chi connectivity index (χ3n) is 7.40. The van der Waals surface area contributed by atoms with E-state index in [0.717, 1.165) is 38.2 Å². The van der Waals surface area contributed by atoms with Crippen molar-refractivity contribution in [3.8, 4) is 22.5 Å². The van der Waals surface area contributed by atoms with Crippen molar-refractivity contribution in [3.63, 3.8) is 0 Å². The van der Waals surface area contributed by atoms with Gasteiger partial charge >= 0.3 is 235 Å². The van der Waals surface area contributed by atoms with Crippen molar-refractivity contribution in [2.45, 2.75) is 6.42 Å². The number of pyridine rings is 2. The summed E-state index contributed by atoms with van der Waals surface area (Å²) in [4.78, 5) is 9.64. The zero-order valence-electron chi connectivity index (χ0n) is 24.9. The van der Waals surface area contributed by atoms with E-state index < -0.39 is 19.8 Å². The van der Waals surface area contributed by atoms with Crippen molar-refractivity contribution in [2.24, 2.45) is 5.92 Å². The van der Waals surface area contributed by atoms with Crippen molar-refractivity contribution in [1.29, 1.82) is 16.2 Å². The summed E-state index contributed by atoms with van der Waals surface area (Å²) in [6.45, 7) is 0. The van der Waals surface area contributed by atoms with E-state index in [-0.39, 0.29) is 5.92 Å². The molecular formula is C38H31IN5S2-. The molecule has 0 radical (unpaired) electrons. The van der Waals surface area contributed by atoms with Crippen LogP contribution < -0.4 is 19.8 Å². The van der Waals surface area contributed by atoms with Gasteiger partial charge in [0, 0.05) is 0 Å². The van der Waals surface area contributed by atoms with Crippen LogP contribution in [-0.2, 0) is 0 Å². The minimum Gasteiger partial charge on any atom is -0.0622 e. The average molecular weight is 749 g/mol. The smallest absolute Gasteiger partial charge is 0.0622 e. The molecule has 1 atom stereocenters. The zero-order chi connectivity index (χ0) is 31.7. The summed E-state index contributed by atoms with van der Waals surface area (Å²) >= 11 is 0.786. The van der Waals surface area contributed by atoms with Crippen LogP contribution in [0.2, 0.25) is 0 Å². The molecule has 0 saturated heterocycles. The van der Waals surface area contributed by atoms with Crippen molar-refractivity contribution in [1.82, 2.24) is 9.97 Å². The number of hydrogen-bond acceptors (Lipinski definition) is 7. The van der Waals surface area contributed by atoms with E-state index in [9.17, 15) is 0 Å². The summed E-state index contributed by atoms with van der Waals surface area (Å²) in [5.41, 5.74) is 7.97. The van der Waals surface area contributed by atoms with Crippen molar-refractivity contribution >= 4 is 42.1 Å². The number of benzene rings is 3. The van der Waals surface area contributed by atoms with E-state index in [0.29, 0.717) is 27.2 Å². The van der Waals surface area contributed by atoms with E-state index in [1.165, 1.54) is 22.9 Å². The molecule has 0 amide bonds. The minimum absolute atomic E-state index is 0.109. The Morgan fingerprint density at radius 2 is 1.35 bits per heavy atom. The van der Waals surface area contributed by atoms with Gasteiger partial charge in [-0.25, -0.2) is 0 Å². The molecule has 3 N–H and O–H groups in total. The fourth-order valence-electron chi connectivity index (χ4n) is 4.88. The van der Waals surface area contributed by atoms with Crippen LogP contribution in [0.3, 0.4) is 0 Å². The summed E-state index contributed by atoms with van der Waals surface area (Å²) in [6, 6.07) is 40.2. The summed E-state index contributed by atoms with van der Waals surface area (Å²) in [6.07, 6.45) is 7.35. The second-order valence-corrected chi connectivity index (χ2v) is 16.0. The Bertz CT molecular complexity index is 1920. The quantitative estimate of drug-likeness (QED) is 0.0660. The van der Waals surface area contributed by atoms with E-state index in [1.54, 1.807) is 8.93 Å². The third kappa shape index (κ3) is 8.17. The molecule has 5 nitrogen and oxygen atoms in total. The molecule has 0 spiro atoms. The number of hydrogen-bond donors (Lipinski definition) is 3. The molecule has 1 aliphatic carbocycles. The van der Waals surface area contributed by atoms with Gasteiger partial charge in [0.05, 0.1) is 0 Å². The summed E-state index contributed by atoms with van der Waals surface area (Å²) < 4.78 is 0.996. The number of rotatable bonds is 10. The molecule has 2 heterocycles. The van der Waals surface area contributed by atoms with Gasteiger partial charge in [0.2, 0.25) is 0 Å². The SMILES string of the molecule is N=C(SCC(=N)c1cccc(-c2cccc([I-]SC(=N)C3C=CC(c4ccccc4)=CC3)n2)n1)c1ccc(-c2ccccc2)cc1. The first kappa shape index (κ1) is 31.8. The first-order chi connectivity index (χ1) is 22.5. The van der Waals surface area contributed by atoms with E-state index in [4.69, 9.17) is 26.2 Å². The van der Waals surface area contributed by atoms with Gasteiger partial charge in [-0.05, 0) is 11.1 Å². The maximum atomic E-state index is 8.69. The molecule has 0 bridgehead atoms. The number of halogens is 1. The fraction of sp³-hybridized carbons (Fsp3) is 0.0789. The molecule has 1 unspecified atom stereocenters. The van der Waals surface area contributed by atoms with E-state index in [1.807, 2.05) is 84.9 Å². The average Bonchev–Trinajstić information content (AvgIpc) is 3.13. The molecule has 228 valence electrons. The third-order valence-corrected chi connectivity index (χ3v) is 13.1. The van der Waals surface area contributed by atoms with Gasteiger partial charge in [-0.15, -0.1) is 0 Å². The van der Waals surface area contributed by atoms with Crippen LogP contribution >= 0.6 is 20.7 Å². The number of aromatic nitrogens is 2. The first-order valence-corrected chi connectivity index (χ1v) is 20.2. The summed E-state index contributed by atoms with van der Waals surface area (Å²) in [5.74, 6) is 0.461. The van der Waals surface area contributed by atoms with Crippen LogP contribution in [0.15, 0.2) is 140 Å². The van der Waals surface area contributed by atoms with E-state index in [2.05, 4.69) is 54.6 Å². The molecule has 0 saturated carbocycles. The monoisotopic (exact) mass is 748 g/mol. The van der Waals surface area contributed by atoms with Crippen LogP contribution in [0.5, 0.6) is 0 Å². The van der Waals surface area contributed by atoms with Crippen molar-refractivity contribution in [3.05, 3.63) is 160 Å². The minimum atomic E-state index is -0.548. The Labute approximate surface area is 286 Å². The second-order valence-electron chi connectivity index (χ2n) is 10.5. The van der Waals surface area contributed by atoms with Crippen LogP contribution in [0.25, 0.3) is 28.1 Å². The zero-order valence-corrected chi connectivity index (χ0v) is 28.6. The maximum absolute atomic E-state index is 8.69. The Hall–Kier alpha value is -4.12. The molecular weight excluding hydrogens is 717 g/mol. The molecule has 6 rings (SSSR count). The predicted molar refractivity (Wildman–Crippen MR) is 191 cm³/mol. The molecule has 0 fully saturated rings. The number of thioether (sulfide) groups is 1. The van der Waals surface area contributed by atoms with Gasteiger partial charge in [0.25, 0.3) is 0 Å². The standard InChI is InChI=1S/C38H31IN5S2/c40-32(25-45-37(41)30-21-17-28(18-22-30)26-9-3-1-4-10-26)33-13-7-14-34(43-33)35-15-8-16-36(44-35)39-46-38(42)31-23-19-29(20-24-31)27-11-5-2-6-12-27/h1-23,31,40-42H,24-25H2/q-1. The molecule has 5 aromatic rings. The Morgan fingerprint density at radius 3 is 2.04 bits per heavy atom. The molecule has 2 aromatic heterocycles. The van der Waals surface area contributed by atoms with Gasteiger partial charge < -0.3 is 0 Å². The predicted octanol–water partition coefficient (Wildman–Crippen LogP) is 6.48. The van der Waals surface area contributed by atoms with Crippen molar-refractivity contribution < 1.29 is 19.8 Å². The topological polar surface area (TPSA) is 97.3 Å². The molecule has 8 heteroatoms. The number of nitrogens with zero attached hydrogens (tertiary/aromatic N) is 2. The normalized spacial score (nSPS) is 14.1. The number of allylic oxidation sites excluding steroid dienone is 4. The van der Waals surface area contributed by atoms with E-state index >= 15 is 0 Å². The Kier molecular flexibility index (Phi) is 10.7. The Balaban J connectivity index is 1.02. The van der Waals surface area contributed by atoms with Gasteiger partial charge in [-0.3, -0.25) is 0 Å². The number of nitrogens with one attached hydrogen (secondary N) is 3. The van der Waals surface area contributed by atoms with Gasteiger partial charge in [-0.2, -0.15) is 0 Å². The molecule has 1 aliphatic rings. The second kappa shape index (κ2) is 15.4. The van der Waals surface area contributed by atoms with Crippen LogP contribution in [-0.4, -0.2) is 31.5 Å². The van der Waals surface area contributed by atoms with Crippen molar-refractivity contribution in [2.75, 3.05) is 5.75 Å². The molecule has 3 aromatic carbocycles. The summed E-state index contributed by atoms with van der Waals surface area (Å²) in [5, 5.41) is 27.0. The first-order valence-electron chi connectivity index (χ1n) is 14.8. The van der Waals surface area contributed by atoms with Gasteiger partial charge in [0.15, 0.2) is 0 Å².